The second-order valence-electron chi connectivity index (χ2n) is 4.59. The van der Waals surface area contributed by atoms with Crippen LogP contribution in [0.1, 0.15) is 11.1 Å². The van der Waals surface area contributed by atoms with Gasteiger partial charge >= 0.3 is 0 Å². The molecule has 2 rings (SSSR count). The number of Topliss-reactive ketones (excluding diaryl/α,β-unsaturated/α-hetero) is 1. The Labute approximate surface area is 119 Å². The third kappa shape index (κ3) is 4.09. The zero-order valence-electron chi connectivity index (χ0n) is 11.4. The molecule has 0 atom stereocenters. The van der Waals surface area contributed by atoms with Gasteiger partial charge in [0.15, 0.2) is 5.78 Å². The maximum Gasteiger partial charge on any atom is 0.174 e. The minimum Gasteiger partial charge on any atom is -0.486 e. The Hall–Kier alpha value is -2.35. The van der Waals surface area contributed by atoms with Crippen LogP contribution in [-0.4, -0.2) is 12.4 Å². The van der Waals surface area contributed by atoms with Crippen LogP contribution in [-0.2, 0) is 17.6 Å². The predicted molar refractivity (Wildman–Crippen MR) is 81.0 cm³/mol. The summed E-state index contributed by atoms with van der Waals surface area (Å²) in [5, 5.41) is 0. The lowest BCUT2D eigenvalue weighted by Gasteiger charge is -2.09. The molecule has 2 nitrogen and oxygen atoms in total. The lowest BCUT2D eigenvalue weighted by molar-refractivity contribution is -0.120. The Kier molecular flexibility index (Phi) is 5.13. The molecule has 2 heteroatoms. The van der Waals surface area contributed by atoms with E-state index in [0.717, 1.165) is 23.3 Å². The minimum atomic E-state index is 0.0737. The van der Waals surface area contributed by atoms with Gasteiger partial charge in [-0.25, -0.2) is 0 Å². The van der Waals surface area contributed by atoms with Crippen molar-refractivity contribution in [3.63, 3.8) is 0 Å². The molecule has 102 valence electrons. The number of carbonyl (C=O) groups excluding carboxylic acids is 1. The van der Waals surface area contributed by atoms with E-state index < -0.39 is 0 Å². The molecule has 0 spiro atoms. The normalized spacial score (nSPS) is 10.0. The van der Waals surface area contributed by atoms with Crippen LogP contribution in [0.4, 0.5) is 0 Å². The fourth-order valence-electron chi connectivity index (χ4n) is 2.00. The van der Waals surface area contributed by atoms with Crippen molar-refractivity contribution in [3.8, 4) is 5.75 Å². The Morgan fingerprint density at radius 3 is 2.50 bits per heavy atom. The SMILES string of the molecule is C=CCc1ccccc1OCC(=O)Cc1ccccc1. The third-order valence-electron chi connectivity index (χ3n) is 2.97. The molecule has 2 aromatic rings. The molecule has 0 saturated carbocycles. The van der Waals surface area contributed by atoms with Gasteiger partial charge in [-0.15, -0.1) is 6.58 Å². The van der Waals surface area contributed by atoms with Crippen molar-refractivity contribution in [3.05, 3.63) is 78.4 Å². The summed E-state index contributed by atoms with van der Waals surface area (Å²) in [4.78, 5) is 11.9. The van der Waals surface area contributed by atoms with Crippen molar-refractivity contribution in [2.45, 2.75) is 12.8 Å². The number of para-hydroxylation sites is 1. The van der Waals surface area contributed by atoms with Gasteiger partial charge in [-0.1, -0.05) is 54.6 Å². The zero-order chi connectivity index (χ0) is 14.2. The van der Waals surface area contributed by atoms with E-state index in [1.54, 1.807) is 0 Å². The van der Waals surface area contributed by atoms with Gasteiger partial charge in [0, 0.05) is 6.42 Å². The van der Waals surface area contributed by atoms with Crippen LogP contribution in [0.15, 0.2) is 67.3 Å². The molecule has 0 aliphatic carbocycles. The van der Waals surface area contributed by atoms with E-state index in [1.807, 2.05) is 60.7 Å². The molecule has 20 heavy (non-hydrogen) atoms. The van der Waals surface area contributed by atoms with Gasteiger partial charge in [-0.2, -0.15) is 0 Å². The van der Waals surface area contributed by atoms with Crippen molar-refractivity contribution < 1.29 is 9.53 Å². The molecule has 0 heterocycles. The van der Waals surface area contributed by atoms with Crippen molar-refractivity contribution in [2.24, 2.45) is 0 Å². The van der Waals surface area contributed by atoms with Gasteiger partial charge in [0.2, 0.25) is 0 Å². The van der Waals surface area contributed by atoms with Crippen molar-refractivity contribution in [2.75, 3.05) is 6.61 Å². The summed E-state index contributed by atoms with van der Waals surface area (Å²) in [5.74, 6) is 0.832. The first kappa shape index (κ1) is 14.1. The molecule has 0 aromatic heterocycles. The molecule has 0 aliphatic rings. The highest BCUT2D eigenvalue weighted by Crippen LogP contribution is 2.18. The highest BCUT2D eigenvalue weighted by molar-refractivity contribution is 5.82. The maximum absolute atomic E-state index is 11.9. The average Bonchev–Trinajstić information content (AvgIpc) is 2.48. The van der Waals surface area contributed by atoms with Crippen LogP contribution in [0.25, 0.3) is 0 Å². The third-order valence-corrected chi connectivity index (χ3v) is 2.97. The van der Waals surface area contributed by atoms with Crippen LogP contribution in [0.5, 0.6) is 5.75 Å². The van der Waals surface area contributed by atoms with E-state index in [-0.39, 0.29) is 12.4 Å². The molecule has 0 bridgehead atoms. The van der Waals surface area contributed by atoms with E-state index in [9.17, 15) is 4.79 Å². The fraction of sp³-hybridized carbons (Fsp3) is 0.167. The molecule has 0 unspecified atom stereocenters. The molecule has 0 amide bonds. The predicted octanol–water partition coefficient (Wildman–Crippen LogP) is 3.61. The molecule has 0 aliphatic heterocycles. The van der Waals surface area contributed by atoms with Crippen molar-refractivity contribution in [1.29, 1.82) is 0 Å². The Morgan fingerprint density at radius 2 is 1.75 bits per heavy atom. The number of benzene rings is 2. The smallest absolute Gasteiger partial charge is 0.174 e. The monoisotopic (exact) mass is 266 g/mol. The van der Waals surface area contributed by atoms with Crippen LogP contribution >= 0.6 is 0 Å². The fourth-order valence-corrected chi connectivity index (χ4v) is 2.00. The number of allylic oxidation sites excluding steroid dienone is 1. The largest absolute Gasteiger partial charge is 0.486 e. The van der Waals surface area contributed by atoms with Gasteiger partial charge in [0.1, 0.15) is 12.4 Å². The number of hydrogen-bond acceptors (Lipinski definition) is 2. The summed E-state index contributed by atoms with van der Waals surface area (Å²) in [7, 11) is 0. The highest BCUT2D eigenvalue weighted by Gasteiger charge is 2.07. The first-order valence-corrected chi connectivity index (χ1v) is 6.67. The average molecular weight is 266 g/mol. The standard InChI is InChI=1S/C18H18O2/c1-2-8-16-11-6-7-12-18(16)20-14-17(19)13-15-9-4-3-5-10-15/h2-7,9-12H,1,8,13-14H2. The molecule has 0 fully saturated rings. The van der Waals surface area contributed by atoms with Crippen LogP contribution in [0.3, 0.4) is 0 Å². The van der Waals surface area contributed by atoms with E-state index in [0.29, 0.717) is 6.42 Å². The van der Waals surface area contributed by atoms with E-state index in [2.05, 4.69) is 6.58 Å². The van der Waals surface area contributed by atoms with E-state index >= 15 is 0 Å². The second-order valence-corrected chi connectivity index (χ2v) is 4.59. The zero-order valence-corrected chi connectivity index (χ0v) is 11.4. The van der Waals surface area contributed by atoms with Gasteiger partial charge in [0.05, 0.1) is 0 Å². The summed E-state index contributed by atoms with van der Waals surface area (Å²) in [6.07, 6.45) is 2.97. The van der Waals surface area contributed by atoms with E-state index in [1.165, 1.54) is 0 Å². The van der Waals surface area contributed by atoms with Gasteiger partial charge in [0.25, 0.3) is 0 Å². The Morgan fingerprint density at radius 1 is 1.05 bits per heavy atom. The Bertz CT molecular complexity index is 573. The quantitative estimate of drug-likeness (QED) is 0.716. The molecular weight excluding hydrogens is 248 g/mol. The number of ketones is 1. The van der Waals surface area contributed by atoms with Crippen molar-refractivity contribution >= 4 is 5.78 Å². The number of hydrogen-bond donors (Lipinski definition) is 0. The first-order valence-electron chi connectivity index (χ1n) is 6.67. The van der Waals surface area contributed by atoms with Crippen molar-refractivity contribution in [1.82, 2.24) is 0 Å². The molecule has 2 aromatic carbocycles. The summed E-state index contributed by atoms with van der Waals surface area (Å²) in [6, 6.07) is 17.4. The first-order chi connectivity index (χ1) is 9.79. The minimum absolute atomic E-state index is 0.0737. The summed E-state index contributed by atoms with van der Waals surface area (Å²) in [5.41, 5.74) is 2.07. The molecule has 0 N–H and O–H groups in total. The molecular formula is C18H18O2. The highest BCUT2D eigenvalue weighted by atomic mass is 16.5. The lowest BCUT2D eigenvalue weighted by Crippen LogP contribution is -2.14. The van der Waals surface area contributed by atoms with Crippen LogP contribution in [0.2, 0.25) is 0 Å². The summed E-state index contributed by atoms with van der Waals surface area (Å²) >= 11 is 0. The Balaban J connectivity index is 1.92. The number of carbonyl (C=O) groups is 1. The molecule has 0 saturated heterocycles. The summed E-state index contributed by atoms with van der Waals surface area (Å²) in [6.45, 7) is 3.83. The van der Waals surface area contributed by atoms with Gasteiger partial charge in [-0.05, 0) is 23.6 Å². The summed E-state index contributed by atoms with van der Waals surface area (Å²) < 4.78 is 5.63. The van der Waals surface area contributed by atoms with Crippen LogP contribution < -0.4 is 4.74 Å². The van der Waals surface area contributed by atoms with Crippen LogP contribution in [0, 0.1) is 0 Å². The molecule has 0 radical (unpaired) electrons. The van der Waals surface area contributed by atoms with Gasteiger partial charge < -0.3 is 4.74 Å². The van der Waals surface area contributed by atoms with E-state index in [4.69, 9.17) is 4.74 Å². The van der Waals surface area contributed by atoms with Gasteiger partial charge in [-0.3, -0.25) is 4.79 Å². The lowest BCUT2D eigenvalue weighted by atomic mass is 10.1. The number of ether oxygens (including phenoxy) is 1. The topological polar surface area (TPSA) is 26.3 Å². The second kappa shape index (κ2) is 7.29. The maximum atomic E-state index is 11.9. The number of rotatable bonds is 7.